The van der Waals surface area contributed by atoms with Gasteiger partial charge in [0.05, 0.1) is 30.0 Å². The van der Waals surface area contributed by atoms with Gasteiger partial charge in [-0.05, 0) is 37.3 Å². The molecule has 0 aliphatic heterocycles. The first-order valence-corrected chi connectivity index (χ1v) is 7.94. The summed E-state index contributed by atoms with van der Waals surface area (Å²) in [6.45, 7) is 2.15. The number of ether oxygens (including phenoxy) is 1. The summed E-state index contributed by atoms with van der Waals surface area (Å²) in [4.78, 5) is 11.9. The fraction of sp³-hybridized carbons (Fsp3) is 0.118. The fourth-order valence-electron chi connectivity index (χ4n) is 1.95. The quantitative estimate of drug-likeness (QED) is 0.588. The Kier molecular flexibility index (Phi) is 6.08. The van der Waals surface area contributed by atoms with E-state index in [0.29, 0.717) is 16.6 Å². The summed E-state index contributed by atoms with van der Waals surface area (Å²) in [5, 5.41) is 22.5. The first-order chi connectivity index (χ1) is 12.0. The molecule has 2 rings (SSSR count). The maximum atomic E-state index is 13.8. The molecule has 0 spiro atoms. The molecule has 0 unspecified atom stereocenters. The molecule has 8 heteroatoms. The van der Waals surface area contributed by atoms with Crippen LogP contribution in [0.3, 0.4) is 0 Å². The maximum absolute atomic E-state index is 13.8. The van der Waals surface area contributed by atoms with Gasteiger partial charge in [-0.1, -0.05) is 15.9 Å². The number of nitrogens with one attached hydrogen (secondary N) is 1. The monoisotopic (exact) mass is 405 g/mol. The Morgan fingerprint density at radius 1 is 1.48 bits per heavy atom. The van der Waals surface area contributed by atoms with Crippen molar-refractivity contribution in [3.8, 4) is 17.6 Å². The number of benzene rings is 2. The third-order valence-corrected chi connectivity index (χ3v) is 3.54. The number of carbonyl (C=O) groups excluding carboxylic acids is 1. The van der Waals surface area contributed by atoms with E-state index < -0.39 is 11.7 Å². The third kappa shape index (κ3) is 4.55. The lowest BCUT2D eigenvalue weighted by Crippen LogP contribution is -2.19. The summed E-state index contributed by atoms with van der Waals surface area (Å²) in [5.41, 5.74) is 2.33. The number of nitriles is 1. The molecule has 0 atom stereocenters. The van der Waals surface area contributed by atoms with Crippen molar-refractivity contribution in [2.75, 3.05) is 6.61 Å². The molecule has 2 N–H and O–H groups in total. The van der Waals surface area contributed by atoms with Gasteiger partial charge in [0.2, 0.25) is 0 Å². The minimum Gasteiger partial charge on any atom is -0.504 e. The molecule has 0 saturated carbocycles. The van der Waals surface area contributed by atoms with E-state index >= 15 is 0 Å². The van der Waals surface area contributed by atoms with E-state index in [9.17, 15) is 14.3 Å². The van der Waals surface area contributed by atoms with Gasteiger partial charge >= 0.3 is 0 Å². The highest BCUT2D eigenvalue weighted by Gasteiger charge is 2.12. The number of rotatable bonds is 5. The topological polar surface area (TPSA) is 94.7 Å². The molecule has 0 aromatic heterocycles. The molecule has 0 aliphatic carbocycles. The largest absolute Gasteiger partial charge is 0.504 e. The second-order valence-corrected chi connectivity index (χ2v) is 5.70. The van der Waals surface area contributed by atoms with Gasteiger partial charge in [0, 0.05) is 10.0 Å². The number of carbonyl (C=O) groups is 1. The Balaban J connectivity index is 2.16. The molecule has 2 aromatic carbocycles. The zero-order valence-corrected chi connectivity index (χ0v) is 14.7. The summed E-state index contributed by atoms with van der Waals surface area (Å²) in [6.07, 6.45) is 1.21. The van der Waals surface area contributed by atoms with Crippen LogP contribution in [0.2, 0.25) is 0 Å². The number of halogens is 2. The standard InChI is InChI=1S/C17H13BrFN3O3/c1-2-25-15-7-12(18)6-11(16(15)23)9-21-22-17(24)13-4-3-10(8-20)5-14(13)19/h3-7,9,23H,2H2,1H3,(H,22,24)/b21-9-. The number of amides is 1. The maximum Gasteiger partial charge on any atom is 0.274 e. The predicted octanol–water partition coefficient (Wildman–Crippen LogP) is 3.33. The molecule has 25 heavy (non-hydrogen) atoms. The van der Waals surface area contributed by atoms with Gasteiger partial charge in [0.25, 0.3) is 5.91 Å². The first kappa shape index (κ1) is 18.4. The van der Waals surface area contributed by atoms with Crippen LogP contribution in [0.25, 0.3) is 0 Å². The smallest absolute Gasteiger partial charge is 0.274 e. The molecule has 0 saturated heterocycles. The Morgan fingerprint density at radius 2 is 2.24 bits per heavy atom. The molecule has 6 nitrogen and oxygen atoms in total. The molecule has 0 aliphatic rings. The van der Waals surface area contributed by atoms with E-state index in [1.54, 1.807) is 25.1 Å². The minimum atomic E-state index is -0.823. The van der Waals surface area contributed by atoms with Crippen LogP contribution < -0.4 is 10.2 Å². The number of aromatic hydroxyl groups is 1. The molecule has 0 bridgehead atoms. The van der Waals surface area contributed by atoms with Gasteiger partial charge in [-0.3, -0.25) is 4.79 Å². The number of hydrogen-bond acceptors (Lipinski definition) is 5. The number of phenols is 1. The lowest BCUT2D eigenvalue weighted by atomic mass is 10.1. The zero-order valence-electron chi connectivity index (χ0n) is 13.1. The van der Waals surface area contributed by atoms with Crippen molar-refractivity contribution in [3.63, 3.8) is 0 Å². The van der Waals surface area contributed by atoms with E-state index in [0.717, 1.165) is 6.07 Å². The fourth-order valence-corrected chi connectivity index (χ4v) is 2.40. The van der Waals surface area contributed by atoms with Crippen molar-refractivity contribution in [2.45, 2.75) is 6.92 Å². The normalized spacial score (nSPS) is 10.5. The van der Waals surface area contributed by atoms with Crippen LogP contribution >= 0.6 is 15.9 Å². The first-order valence-electron chi connectivity index (χ1n) is 7.14. The summed E-state index contributed by atoms with van der Waals surface area (Å²) >= 11 is 3.28. The lowest BCUT2D eigenvalue weighted by Gasteiger charge is -2.08. The van der Waals surface area contributed by atoms with Gasteiger partial charge in [-0.25, -0.2) is 9.82 Å². The Hall–Kier alpha value is -2.92. The van der Waals surface area contributed by atoms with Crippen LogP contribution in [0.1, 0.15) is 28.4 Å². The average Bonchev–Trinajstić information content (AvgIpc) is 2.58. The summed E-state index contributed by atoms with van der Waals surface area (Å²) in [6, 6.07) is 8.45. The van der Waals surface area contributed by atoms with Crippen molar-refractivity contribution >= 4 is 28.1 Å². The van der Waals surface area contributed by atoms with Crippen LogP contribution in [0.4, 0.5) is 4.39 Å². The predicted molar refractivity (Wildman–Crippen MR) is 93.2 cm³/mol. The molecule has 0 radical (unpaired) electrons. The molecule has 2 aromatic rings. The second kappa shape index (κ2) is 8.26. The second-order valence-electron chi connectivity index (χ2n) is 4.78. The highest BCUT2D eigenvalue weighted by Crippen LogP contribution is 2.32. The van der Waals surface area contributed by atoms with Crippen LogP contribution in [-0.2, 0) is 0 Å². The van der Waals surface area contributed by atoms with Gasteiger partial charge in [-0.15, -0.1) is 0 Å². The Bertz CT molecular complexity index is 878. The molecule has 0 heterocycles. The van der Waals surface area contributed by atoms with Crippen LogP contribution in [0.15, 0.2) is 39.9 Å². The van der Waals surface area contributed by atoms with Crippen LogP contribution in [0.5, 0.6) is 11.5 Å². The van der Waals surface area contributed by atoms with E-state index in [2.05, 4.69) is 26.5 Å². The Morgan fingerprint density at radius 3 is 2.88 bits per heavy atom. The third-order valence-electron chi connectivity index (χ3n) is 3.08. The van der Waals surface area contributed by atoms with Gasteiger partial charge in [-0.2, -0.15) is 10.4 Å². The van der Waals surface area contributed by atoms with Crippen molar-refractivity contribution in [1.29, 1.82) is 5.26 Å². The summed E-state index contributed by atoms with van der Waals surface area (Å²) < 4.78 is 19.7. The van der Waals surface area contributed by atoms with E-state index in [4.69, 9.17) is 10.00 Å². The Labute approximate surface area is 151 Å². The number of nitrogens with zero attached hydrogens (tertiary/aromatic N) is 2. The minimum absolute atomic E-state index is 0.111. The van der Waals surface area contributed by atoms with Gasteiger partial charge < -0.3 is 9.84 Å². The number of hydrogen-bond donors (Lipinski definition) is 2. The number of hydrazone groups is 1. The van der Waals surface area contributed by atoms with Crippen molar-refractivity contribution in [3.05, 3.63) is 57.3 Å². The lowest BCUT2D eigenvalue weighted by molar-refractivity contribution is 0.0951. The van der Waals surface area contributed by atoms with Crippen LogP contribution in [0, 0.1) is 17.1 Å². The molecule has 128 valence electrons. The molecular weight excluding hydrogens is 393 g/mol. The SMILES string of the molecule is CCOc1cc(Br)cc(/C=N\NC(=O)c2ccc(C#N)cc2F)c1O. The zero-order chi connectivity index (χ0) is 18.4. The van der Waals surface area contributed by atoms with Crippen molar-refractivity contribution in [1.82, 2.24) is 5.43 Å². The van der Waals surface area contributed by atoms with Crippen LogP contribution in [-0.4, -0.2) is 23.8 Å². The highest BCUT2D eigenvalue weighted by molar-refractivity contribution is 9.10. The molecule has 1 amide bonds. The van der Waals surface area contributed by atoms with Gasteiger partial charge in [0.1, 0.15) is 5.82 Å². The van der Waals surface area contributed by atoms with E-state index in [1.807, 2.05) is 0 Å². The summed E-state index contributed by atoms with van der Waals surface area (Å²) in [5.74, 6) is -1.47. The van der Waals surface area contributed by atoms with E-state index in [-0.39, 0.29) is 22.6 Å². The number of phenolic OH excluding ortho intramolecular Hbond substituents is 1. The van der Waals surface area contributed by atoms with Crippen molar-refractivity contribution < 1.29 is 19.0 Å². The summed E-state index contributed by atoms with van der Waals surface area (Å²) in [7, 11) is 0. The molecular formula is C17H13BrFN3O3. The van der Waals surface area contributed by atoms with E-state index in [1.165, 1.54) is 18.3 Å². The average molecular weight is 406 g/mol. The van der Waals surface area contributed by atoms with Crippen molar-refractivity contribution in [2.24, 2.45) is 5.10 Å². The molecule has 0 fully saturated rings. The van der Waals surface area contributed by atoms with Gasteiger partial charge in [0.15, 0.2) is 11.5 Å². The highest BCUT2D eigenvalue weighted by atomic mass is 79.9.